The van der Waals surface area contributed by atoms with Crippen molar-refractivity contribution in [3.8, 4) is 0 Å². The number of anilines is 1. The lowest BCUT2D eigenvalue weighted by molar-refractivity contribution is -0.136. The van der Waals surface area contributed by atoms with E-state index in [4.69, 9.17) is 4.74 Å². The van der Waals surface area contributed by atoms with Gasteiger partial charge in [0.25, 0.3) is 5.91 Å². The SMILES string of the molecule is CNc1ccc(C(=O)NCC(C)OC)cc1C(F)(F)F. The Bertz CT molecular complexity index is 475. The zero-order valence-corrected chi connectivity index (χ0v) is 11.5. The van der Waals surface area contributed by atoms with Crippen molar-refractivity contribution in [2.45, 2.75) is 19.2 Å². The molecule has 0 saturated carbocycles. The lowest BCUT2D eigenvalue weighted by atomic mass is 10.1. The van der Waals surface area contributed by atoms with Crippen molar-refractivity contribution in [3.05, 3.63) is 29.3 Å². The van der Waals surface area contributed by atoms with Crippen molar-refractivity contribution < 1.29 is 22.7 Å². The largest absolute Gasteiger partial charge is 0.418 e. The molecule has 0 saturated heterocycles. The second kappa shape index (κ2) is 6.60. The molecule has 0 heterocycles. The van der Waals surface area contributed by atoms with Crippen LogP contribution in [0.3, 0.4) is 0 Å². The molecule has 1 amide bonds. The first-order valence-electron chi connectivity index (χ1n) is 5.99. The molecule has 0 aromatic heterocycles. The molecule has 0 bridgehead atoms. The molecule has 4 nitrogen and oxygen atoms in total. The number of rotatable bonds is 5. The van der Waals surface area contributed by atoms with Crippen LogP contribution in [0.2, 0.25) is 0 Å². The molecule has 0 radical (unpaired) electrons. The molecule has 0 aliphatic rings. The number of carbonyl (C=O) groups is 1. The monoisotopic (exact) mass is 290 g/mol. The van der Waals surface area contributed by atoms with Gasteiger partial charge in [-0.25, -0.2) is 0 Å². The minimum atomic E-state index is -4.52. The normalized spacial score (nSPS) is 12.9. The zero-order chi connectivity index (χ0) is 15.3. The van der Waals surface area contributed by atoms with Gasteiger partial charge in [0, 0.05) is 32.0 Å². The first-order valence-corrected chi connectivity index (χ1v) is 5.99. The van der Waals surface area contributed by atoms with Crippen LogP contribution in [-0.2, 0) is 10.9 Å². The molecule has 1 aromatic rings. The average Bonchev–Trinajstić information content (AvgIpc) is 2.42. The van der Waals surface area contributed by atoms with Crippen molar-refractivity contribution in [2.24, 2.45) is 0 Å². The fourth-order valence-electron chi connectivity index (χ4n) is 1.56. The maximum atomic E-state index is 12.9. The van der Waals surface area contributed by atoms with Gasteiger partial charge < -0.3 is 15.4 Å². The molecular formula is C13H17F3N2O2. The fraction of sp³-hybridized carbons (Fsp3) is 0.462. The Labute approximate surface area is 115 Å². The summed E-state index contributed by atoms with van der Waals surface area (Å²) < 4.78 is 43.5. The first-order chi connectivity index (χ1) is 9.29. The van der Waals surface area contributed by atoms with Crippen molar-refractivity contribution in [1.29, 1.82) is 0 Å². The number of methoxy groups -OCH3 is 1. The fourth-order valence-corrected chi connectivity index (χ4v) is 1.56. The highest BCUT2D eigenvalue weighted by Gasteiger charge is 2.34. The highest BCUT2D eigenvalue weighted by Crippen LogP contribution is 2.35. The summed E-state index contributed by atoms with van der Waals surface area (Å²) in [4.78, 5) is 11.8. The first kappa shape index (κ1) is 16.3. The zero-order valence-electron chi connectivity index (χ0n) is 11.5. The van der Waals surface area contributed by atoms with Crippen molar-refractivity contribution in [3.63, 3.8) is 0 Å². The molecule has 1 rings (SSSR count). The molecule has 1 aromatic carbocycles. The van der Waals surface area contributed by atoms with Gasteiger partial charge in [-0.15, -0.1) is 0 Å². The van der Waals surface area contributed by atoms with Crippen LogP contribution in [0.5, 0.6) is 0 Å². The average molecular weight is 290 g/mol. The number of nitrogens with one attached hydrogen (secondary N) is 2. The Morgan fingerprint density at radius 3 is 2.55 bits per heavy atom. The predicted molar refractivity (Wildman–Crippen MR) is 69.8 cm³/mol. The Hall–Kier alpha value is -1.76. The van der Waals surface area contributed by atoms with Crippen LogP contribution < -0.4 is 10.6 Å². The third-order valence-corrected chi connectivity index (χ3v) is 2.81. The van der Waals surface area contributed by atoms with E-state index >= 15 is 0 Å². The minimum Gasteiger partial charge on any atom is -0.388 e. The maximum absolute atomic E-state index is 12.9. The van der Waals surface area contributed by atoms with E-state index in [2.05, 4.69) is 10.6 Å². The van der Waals surface area contributed by atoms with Gasteiger partial charge in [-0.2, -0.15) is 13.2 Å². The highest BCUT2D eigenvalue weighted by atomic mass is 19.4. The number of alkyl halides is 3. The standard InChI is InChI=1S/C13H17F3N2O2/c1-8(20-3)7-18-12(19)9-4-5-11(17-2)10(6-9)13(14,15)16/h4-6,8,17H,7H2,1-3H3,(H,18,19). The Morgan fingerprint density at radius 1 is 1.40 bits per heavy atom. The number of hydrogen-bond donors (Lipinski definition) is 2. The molecule has 1 unspecified atom stereocenters. The van der Waals surface area contributed by atoms with Gasteiger partial charge in [-0.3, -0.25) is 4.79 Å². The molecule has 0 spiro atoms. The van der Waals surface area contributed by atoms with Crippen LogP contribution in [0.1, 0.15) is 22.8 Å². The van der Waals surface area contributed by atoms with Crippen LogP contribution in [0.25, 0.3) is 0 Å². The van der Waals surface area contributed by atoms with E-state index in [-0.39, 0.29) is 23.9 Å². The van der Waals surface area contributed by atoms with Gasteiger partial charge in [0.15, 0.2) is 0 Å². The summed E-state index contributed by atoms with van der Waals surface area (Å²) in [5, 5.41) is 4.97. The number of halogens is 3. The Balaban J connectivity index is 2.94. The summed E-state index contributed by atoms with van der Waals surface area (Å²) in [6.07, 6.45) is -4.73. The lowest BCUT2D eigenvalue weighted by Crippen LogP contribution is -2.31. The van der Waals surface area contributed by atoms with E-state index < -0.39 is 17.6 Å². The summed E-state index contributed by atoms with van der Waals surface area (Å²) in [6.45, 7) is 1.97. The molecule has 112 valence electrons. The molecule has 2 N–H and O–H groups in total. The summed E-state index contributed by atoms with van der Waals surface area (Å²) >= 11 is 0. The van der Waals surface area contributed by atoms with Crippen molar-refractivity contribution in [2.75, 3.05) is 26.0 Å². The molecular weight excluding hydrogens is 273 g/mol. The molecule has 7 heteroatoms. The highest BCUT2D eigenvalue weighted by molar-refractivity contribution is 5.95. The summed E-state index contributed by atoms with van der Waals surface area (Å²) in [6, 6.07) is 3.41. The van der Waals surface area contributed by atoms with E-state index in [1.807, 2.05) is 0 Å². The third kappa shape index (κ3) is 4.12. The number of benzene rings is 1. The minimum absolute atomic E-state index is 0.0420. The summed E-state index contributed by atoms with van der Waals surface area (Å²) in [5.74, 6) is -0.568. The summed E-state index contributed by atoms with van der Waals surface area (Å²) in [5.41, 5.74) is -0.980. The van der Waals surface area contributed by atoms with Crippen molar-refractivity contribution >= 4 is 11.6 Å². The van der Waals surface area contributed by atoms with Gasteiger partial charge in [0.05, 0.1) is 11.7 Å². The van der Waals surface area contributed by atoms with Crippen LogP contribution in [0, 0.1) is 0 Å². The predicted octanol–water partition coefficient (Wildman–Crippen LogP) is 2.51. The van der Waals surface area contributed by atoms with E-state index in [0.717, 1.165) is 6.07 Å². The number of ether oxygens (including phenoxy) is 1. The number of hydrogen-bond acceptors (Lipinski definition) is 3. The molecule has 1 atom stereocenters. The van der Waals surface area contributed by atoms with Gasteiger partial charge in [-0.05, 0) is 25.1 Å². The van der Waals surface area contributed by atoms with E-state index in [1.54, 1.807) is 6.92 Å². The van der Waals surface area contributed by atoms with Crippen LogP contribution in [-0.4, -0.2) is 32.7 Å². The molecule has 20 heavy (non-hydrogen) atoms. The number of amides is 1. The van der Waals surface area contributed by atoms with Crippen LogP contribution >= 0.6 is 0 Å². The van der Waals surface area contributed by atoms with Crippen LogP contribution in [0.4, 0.5) is 18.9 Å². The van der Waals surface area contributed by atoms with Gasteiger partial charge in [0.1, 0.15) is 0 Å². The summed E-state index contributed by atoms with van der Waals surface area (Å²) in [7, 11) is 2.88. The number of carbonyl (C=O) groups excluding carboxylic acids is 1. The van der Waals surface area contributed by atoms with Gasteiger partial charge in [-0.1, -0.05) is 0 Å². The Morgan fingerprint density at radius 2 is 2.05 bits per heavy atom. The second-order valence-corrected chi connectivity index (χ2v) is 4.26. The molecule has 0 aliphatic heterocycles. The lowest BCUT2D eigenvalue weighted by Gasteiger charge is -2.15. The smallest absolute Gasteiger partial charge is 0.388 e. The third-order valence-electron chi connectivity index (χ3n) is 2.81. The van der Waals surface area contributed by atoms with E-state index in [1.165, 1.54) is 26.3 Å². The quantitative estimate of drug-likeness (QED) is 0.876. The maximum Gasteiger partial charge on any atom is 0.418 e. The second-order valence-electron chi connectivity index (χ2n) is 4.26. The van der Waals surface area contributed by atoms with E-state index in [9.17, 15) is 18.0 Å². The van der Waals surface area contributed by atoms with Gasteiger partial charge in [0.2, 0.25) is 0 Å². The van der Waals surface area contributed by atoms with E-state index in [0.29, 0.717) is 0 Å². The van der Waals surface area contributed by atoms with Crippen molar-refractivity contribution in [1.82, 2.24) is 5.32 Å². The molecule has 0 aliphatic carbocycles. The van der Waals surface area contributed by atoms with Gasteiger partial charge >= 0.3 is 6.18 Å². The Kier molecular flexibility index (Phi) is 5.38. The molecule has 0 fully saturated rings. The van der Waals surface area contributed by atoms with Crippen LogP contribution in [0.15, 0.2) is 18.2 Å². The topological polar surface area (TPSA) is 50.4 Å².